The van der Waals surface area contributed by atoms with E-state index in [4.69, 9.17) is 4.84 Å². The van der Waals surface area contributed by atoms with Crippen LogP contribution < -0.4 is 0 Å². The Balaban J connectivity index is 1.86. The highest BCUT2D eigenvalue weighted by Gasteiger charge is 2.10. The van der Waals surface area contributed by atoms with Gasteiger partial charge in [0.2, 0.25) is 0 Å². The summed E-state index contributed by atoms with van der Waals surface area (Å²) in [5.74, 6) is -0.458. The average Bonchev–Trinajstić information content (AvgIpc) is 2.91. The van der Waals surface area contributed by atoms with Crippen molar-refractivity contribution in [2.75, 3.05) is 0 Å². The molecule has 3 aromatic rings. The monoisotopic (exact) mass is 292 g/mol. The summed E-state index contributed by atoms with van der Waals surface area (Å²) in [5.41, 5.74) is 3.22. The van der Waals surface area contributed by atoms with Crippen molar-refractivity contribution in [1.82, 2.24) is 4.57 Å². The molecule has 0 atom stereocenters. The molecule has 0 unspecified atom stereocenters. The Kier molecular flexibility index (Phi) is 3.74. The lowest BCUT2D eigenvalue weighted by Crippen LogP contribution is -2.03. The number of aromatic nitrogens is 1. The van der Waals surface area contributed by atoms with Crippen LogP contribution in [0.2, 0.25) is 0 Å². The van der Waals surface area contributed by atoms with Crippen LogP contribution >= 0.6 is 0 Å². The second kappa shape index (κ2) is 5.85. The van der Waals surface area contributed by atoms with Gasteiger partial charge in [0.05, 0.1) is 11.3 Å². The lowest BCUT2D eigenvalue weighted by atomic mass is 10.1. The van der Waals surface area contributed by atoms with Crippen LogP contribution in [0, 0.1) is 0 Å². The SMILES string of the molecule is C/C(=N\OC(=O)c1ccccc1)c1cn(C)c2ccccc12. The molecule has 0 aliphatic carbocycles. The van der Waals surface area contributed by atoms with E-state index in [9.17, 15) is 4.79 Å². The van der Waals surface area contributed by atoms with Gasteiger partial charge in [-0.3, -0.25) is 0 Å². The number of oxime groups is 1. The summed E-state index contributed by atoms with van der Waals surface area (Å²) in [6, 6.07) is 16.9. The molecule has 22 heavy (non-hydrogen) atoms. The molecule has 0 bridgehead atoms. The van der Waals surface area contributed by atoms with Crippen LogP contribution in [0.25, 0.3) is 10.9 Å². The molecule has 0 fully saturated rings. The summed E-state index contributed by atoms with van der Waals surface area (Å²) in [5, 5.41) is 5.07. The first-order chi connectivity index (χ1) is 10.7. The van der Waals surface area contributed by atoms with Crippen LogP contribution in [0.5, 0.6) is 0 Å². The maximum atomic E-state index is 11.9. The summed E-state index contributed by atoms with van der Waals surface area (Å²) in [6.07, 6.45) is 1.99. The molecule has 4 nitrogen and oxygen atoms in total. The Morgan fingerprint density at radius 2 is 1.73 bits per heavy atom. The van der Waals surface area contributed by atoms with E-state index in [2.05, 4.69) is 5.16 Å². The van der Waals surface area contributed by atoms with Gasteiger partial charge in [-0.2, -0.15) is 0 Å². The fourth-order valence-corrected chi connectivity index (χ4v) is 2.42. The molecule has 0 amide bonds. The summed E-state index contributed by atoms with van der Waals surface area (Å²) in [7, 11) is 1.98. The molecule has 0 radical (unpaired) electrons. The fourth-order valence-electron chi connectivity index (χ4n) is 2.42. The van der Waals surface area contributed by atoms with E-state index >= 15 is 0 Å². The number of benzene rings is 2. The highest BCUT2D eigenvalue weighted by molar-refractivity contribution is 6.09. The molecule has 0 saturated heterocycles. The fraction of sp³-hybridized carbons (Fsp3) is 0.111. The van der Waals surface area contributed by atoms with E-state index < -0.39 is 5.97 Å². The van der Waals surface area contributed by atoms with E-state index in [1.165, 1.54) is 0 Å². The quantitative estimate of drug-likeness (QED) is 0.419. The predicted octanol–water partition coefficient (Wildman–Crippen LogP) is 3.76. The summed E-state index contributed by atoms with van der Waals surface area (Å²) >= 11 is 0. The van der Waals surface area contributed by atoms with Crippen molar-refractivity contribution in [2.45, 2.75) is 6.92 Å². The Morgan fingerprint density at radius 3 is 2.50 bits per heavy atom. The highest BCUT2D eigenvalue weighted by atomic mass is 16.7. The second-order valence-corrected chi connectivity index (χ2v) is 5.09. The molecule has 110 valence electrons. The molecular formula is C18H16N2O2. The molecule has 0 aliphatic rings. The highest BCUT2D eigenvalue weighted by Crippen LogP contribution is 2.21. The van der Waals surface area contributed by atoms with Crippen molar-refractivity contribution in [3.8, 4) is 0 Å². The van der Waals surface area contributed by atoms with Crippen LogP contribution in [0.4, 0.5) is 0 Å². The van der Waals surface area contributed by atoms with Crippen molar-refractivity contribution in [3.05, 3.63) is 71.9 Å². The number of aryl methyl sites for hydroxylation is 1. The van der Waals surface area contributed by atoms with Gasteiger partial charge in [0.1, 0.15) is 0 Å². The maximum Gasteiger partial charge on any atom is 0.365 e. The number of rotatable bonds is 3. The maximum absolute atomic E-state index is 11.9. The number of carbonyl (C=O) groups is 1. The van der Waals surface area contributed by atoms with Crippen molar-refractivity contribution >= 4 is 22.6 Å². The van der Waals surface area contributed by atoms with Crippen molar-refractivity contribution in [3.63, 3.8) is 0 Å². The first-order valence-electron chi connectivity index (χ1n) is 7.02. The Hall–Kier alpha value is -2.88. The van der Waals surface area contributed by atoms with Crippen LogP contribution in [-0.2, 0) is 11.9 Å². The smallest absolute Gasteiger partial charge is 0.350 e. The van der Waals surface area contributed by atoms with Crippen LogP contribution in [0.15, 0.2) is 65.9 Å². The van der Waals surface area contributed by atoms with Gasteiger partial charge in [-0.15, -0.1) is 0 Å². The van der Waals surface area contributed by atoms with Gasteiger partial charge in [-0.05, 0) is 25.1 Å². The van der Waals surface area contributed by atoms with E-state index in [0.29, 0.717) is 11.3 Å². The third-order valence-corrected chi connectivity index (χ3v) is 3.56. The average molecular weight is 292 g/mol. The molecular weight excluding hydrogens is 276 g/mol. The van der Waals surface area contributed by atoms with Crippen molar-refractivity contribution in [1.29, 1.82) is 0 Å². The van der Waals surface area contributed by atoms with Gasteiger partial charge in [0.25, 0.3) is 0 Å². The lowest BCUT2D eigenvalue weighted by Gasteiger charge is -2.00. The third-order valence-electron chi connectivity index (χ3n) is 3.56. The number of fused-ring (bicyclic) bond motifs is 1. The van der Waals surface area contributed by atoms with Gasteiger partial charge in [-0.25, -0.2) is 4.79 Å². The third kappa shape index (κ3) is 2.63. The van der Waals surface area contributed by atoms with Gasteiger partial charge < -0.3 is 9.40 Å². The number of nitrogens with zero attached hydrogens (tertiary/aromatic N) is 2. The molecule has 1 aromatic heterocycles. The molecule has 0 spiro atoms. The molecule has 1 heterocycles. The first-order valence-corrected chi connectivity index (χ1v) is 7.02. The van der Waals surface area contributed by atoms with E-state index in [0.717, 1.165) is 16.5 Å². The number of hydrogen-bond donors (Lipinski definition) is 0. The molecule has 0 aliphatic heterocycles. The molecule has 4 heteroatoms. The zero-order valence-corrected chi connectivity index (χ0v) is 12.5. The van der Waals surface area contributed by atoms with Gasteiger partial charge >= 0.3 is 5.97 Å². The van der Waals surface area contributed by atoms with Crippen molar-refractivity contribution < 1.29 is 9.63 Å². The van der Waals surface area contributed by atoms with E-state index in [-0.39, 0.29) is 0 Å². The Morgan fingerprint density at radius 1 is 1.05 bits per heavy atom. The summed E-state index contributed by atoms with van der Waals surface area (Å²) < 4.78 is 2.03. The minimum Gasteiger partial charge on any atom is -0.350 e. The number of carbonyl (C=O) groups excluding carboxylic acids is 1. The van der Waals surface area contributed by atoms with E-state index in [1.54, 1.807) is 24.3 Å². The van der Waals surface area contributed by atoms with E-state index in [1.807, 2.05) is 55.1 Å². The van der Waals surface area contributed by atoms with Gasteiger partial charge in [0.15, 0.2) is 0 Å². The second-order valence-electron chi connectivity index (χ2n) is 5.09. The molecule has 0 saturated carbocycles. The zero-order chi connectivity index (χ0) is 15.5. The largest absolute Gasteiger partial charge is 0.365 e. The Labute approximate surface area is 128 Å². The summed E-state index contributed by atoms with van der Waals surface area (Å²) in [6.45, 7) is 1.83. The number of para-hydroxylation sites is 1. The zero-order valence-electron chi connectivity index (χ0n) is 12.5. The minimum atomic E-state index is -0.458. The first kappa shape index (κ1) is 14.1. The van der Waals surface area contributed by atoms with Gasteiger partial charge in [-0.1, -0.05) is 41.6 Å². The summed E-state index contributed by atoms with van der Waals surface area (Å²) in [4.78, 5) is 17.0. The molecule has 0 N–H and O–H groups in total. The predicted molar refractivity (Wildman–Crippen MR) is 87.0 cm³/mol. The van der Waals surface area contributed by atoms with Crippen LogP contribution in [-0.4, -0.2) is 16.2 Å². The lowest BCUT2D eigenvalue weighted by molar-refractivity contribution is 0.0516. The topological polar surface area (TPSA) is 43.6 Å². The standard InChI is InChI=1S/C18H16N2O2/c1-13(19-22-18(21)14-8-4-3-5-9-14)16-12-20(2)17-11-7-6-10-15(16)17/h3-12H,1-2H3/b19-13+. The van der Waals surface area contributed by atoms with Crippen molar-refractivity contribution in [2.24, 2.45) is 12.2 Å². The Bertz CT molecular complexity index is 848. The number of hydrogen-bond acceptors (Lipinski definition) is 3. The normalized spacial score (nSPS) is 11.6. The molecule has 2 aromatic carbocycles. The van der Waals surface area contributed by atoms with Crippen LogP contribution in [0.3, 0.4) is 0 Å². The van der Waals surface area contributed by atoms with Gasteiger partial charge in [0, 0.05) is 29.7 Å². The minimum absolute atomic E-state index is 0.458. The van der Waals surface area contributed by atoms with Crippen LogP contribution in [0.1, 0.15) is 22.8 Å². The molecule has 3 rings (SSSR count).